The zero-order valence-electron chi connectivity index (χ0n) is 16.9. The van der Waals surface area contributed by atoms with Gasteiger partial charge in [-0.15, -0.1) is 17.5 Å². The lowest BCUT2D eigenvalue weighted by molar-refractivity contribution is 0.0941. The maximum absolute atomic E-state index is 12.4. The van der Waals surface area contributed by atoms with Crippen molar-refractivity contribution in [2.75, 3.05) is 40.5 Å². The van der Waals surface area contributed by atoms with Gasteiger partial charge in [-0.2, -0.15) is 0 Å². The molecule has 1 aromatic heterocycles. The van der Waals surface area contributed by atoms with Crippen LogP contribution >= 0.6 is 12.4 Å². The molecule has 0 bridgehead atoms. The number of ether oxygens (including phenoxy) is 3. The Morgan fingerprint density at radius 1 is 1.17 bits per heavy atom. The highest BCUT2D eigenvalue weighted by atomic mass is 35.5. The van der Waals surface area contributed by atoms with Crippen LogP contribution in [0.4, 0.5) is 0 Å². The quantitative estimate of drug-likeness (QED) is 0.621. The molecule has 1 amide bonds. The zero-order valence-corrected chi connectivity index (χ0v) is 17.8. The van der Waals surface area contributed by atoms with E-state index in [9.17, 15) is 4.79 Å². The molecule has 1 aliphatic heterocycles. The monoisotopic (exact) mass is 425 g/mol. The molecule has 0 spiro atoms. The first-order valence-corrected chi connectivity index (χ1v) is 9.39. The first-order chi connectivity index (χ1) is 13.6. The number of carbonyl (C=O) groups excluding carboxylic acids is 1. The summed E-state index contributed by atoms with van der Waals surface area (Å²) in [6.45, 7) is 4.45. The Balaban J connectivity index is 0.00000300. The van der Waals surface area contributed by atoms with E-state index >= 15 is 0 Å². The molecule has 2 heterocycles. The van der Waals surface area contributed by atoms with E-state index in [1.807, 2.05) is 11.6 Å². The van der Waals surface area contributed by atoms with E-state index in [2.05, 4.69) is 20.9 Å². The topological polar surface area (TPSA) is 99.5 Å². The van der Waals surface area contributed by atoms with Gasteiger partial charge in [0.2, 0.25) is 0 Å². The van der Waals surface area contributed by atoms with E-state index < -0.39 is 0 Å². The van der Waals surface area contributed by atoms with Crippen molar-refractivity contribution in [1.29, 1.82) is 0 Å². The summed E-state index contributed by atoms with van der Waals surface area (Å²) in [5.74, 6) is 1.65. The summed E-state index contributed by atoms with van der Waals surface area (Å²) in [5, 5.41) is 14.4. The lowest BCUT2D eigenvalue weighted by Crippen LogP contribution is -2.31. The summed E-state index contributed by atoms with van der Waals surface area (Å²) in [4.78, 5) is 12.4. The van der Waals surface area contributed by atoms with Gasteiger partial charge in [0.15, 0.2) is 5.69 Å². The minimum atomic E-state index is -0.246. The molecule has 1 aromatic carbocycles. The summed E-state index contributed by atoms with van der Waals surface area (Å²) in [6, 6.07) is 5.59. The van der Waals surface area contributed by atoms with Gasteiger partial charge in [0.25, 0.3) is 5.91 Å². The van der Waals surface area contributed by atoms with Crippen molar-refractivity contribution in [3.8, 4) is 17.2 Å². The van der Waals surface area contributed by atoms with Gasteiger partial charge in [0.1, 0.15) is 23.9 Å². The number of methoxy groups -OCH3 is 2. The van der Waals surface area contributed by atoms with Gasteiger partial charge in [-0.1, -0.05) is 5.21 Å². The number of rotatable bonds is 8. The van der Waals surface area contributed by atoms with Gasteiger partial charge in [-0.25, -0.2) is 4.68 Å². The maximum Gasteiger partial charge on any atom is 0.273 e. The second-order valence-corrected chi connectivity index (χ2v) is 6.60. The van der Waals surface area contributed by atoms with Crippen molar-refractivity contribution < 1.29 is 19.0 Å². The van der Waals surface area contributed by atoms with Crippen molar-refractivity contribution >= 4 is 18.3 Å². The molecule has 2 N–H and O–H groups in total. The average Bonchev–Trinajstić information content (AvgIpc) is 3.12. The van der Waals surface area contributed by atoms with Gasteiger partial charge in [-0.05, 0) is 32.9 Å². The summed E-state index contributed by atoms with van der Waals surface area (Å²) in [5.41, 5.74) is 1.16. The number of nitrogens with zero attached hydrogens (tertiary/aromatic N) is 3. The highest BCUT2D eigenvalue weighted by Gasteiger charge is 2.22. The summed E-state index contributed by atoms with van der Waals surface area (Å²) >= 11 is 0. The Hall–Kier alpha value is -2.52. The third-order valence-electron chi connectivity index (χ3n) is 4.78. The van der Waals surface area contributed by atoms with Gasteiger partial charge in [0.05, 0.1) is 32.5 Å². The van der Waals surface area contributed by atoms with E-state index in [1.165, 1.54) is 0 Å². The molecule has 3 rings (SSSR count). The Morgan fingerprint density at radius 3 is 2.41 bits per heavy atom. The van der Waals surface area contributed by atoms with Crippen LogP contribution in [-0.4, -0.2) is 61.4 Å². The molecule has 1 saturated heterocycles. The van der Waals surface area contributed by atoms with E-state index in [4.69, 9.17) is 14.2 Å². The molecule has 160 valence electrons. The predicted molar refractivity (Wildman–Crippen MR) is 111 cm³/mol. The molecule has 0 radical (unpaired) electrons. The number of hydrogen-bond donors (Lipinski definition) is 2. The predicted octanol–water partition coefficient (Wildman–Crippen LogP) is 1.76. The number of carbonyl (C=O) groups is 1. The van der Waals surface area contributed by atoms with Crippen LogP contribution in [0.15, 0.2) is 18.2 Å². The smallest absolute Gasteiger partial charge is 0.273 e. The fourth-order valence-corrected chi connectivity index (χ4v) is 3.23. The molecular weight excluding hydrogens is 398 g/mol. The number of piperidine rings is 1. The molecule has 9 nitrogen and oxygen atoms in total. The molecule has 0 unspecified atom stereocenters. The zero-order chi connectivity index (χ0) is 19.9. The SMILES string of the molecule is COc1cc(OC)cc(OCCNC(=O)c2nnn(C3CCNCC3)c2C)c1.Cl. The highest BCUT2D eigenvalue weighted by Crippen LogP contribution is 2.27. The Morgan fingerprint density at radius 2 is 1.79 bits per heavy atom. The van der Waals surface area contributed by atoms with Crippen molar-refractivity contribution in [3.05, 3.63) is 29.6 Å². The van der Waals surface area contributed by atoms with Gasteiger partial charge in [0, 0.05) is 18.2 Å². The van der Waals surface area contributed by atoms with Crippen molar-refractivity contribution in [1.82, 2.24) is 25.6 Å². The average molecular weight is 426 g/mol. The molecular formula is C19H28ClN5O4. The number of nitrogens with one attached hydrogen (secondary N) is 2. The normalized spacial score (nSPS) is 14.0. The number of amides is 1. The van der Waals surface area contributed by atoms with Crippen molar-refractivity contribution in [2.24, 2.45) is 0 Å². The van der Waals surface area contributed by atoms with Crippen molar-refractivity contribution in [3.63, 3.8) is 0 Å². The van der Waals surface area contributed by atoms with Gasteiger partial charge < -0.3 is 24.8 Å². The van der Waals surface area contributed by atoms with Crippen LogP contribution in [0.2, 0.25) is 0 Å². The second kappa shape index (κ2) is 10.9. The van der Waals surface area contributed by atoms with E-state index in [0.717, 1.165) is 31.6 Å². The lowest BCUT2D eigenvalue weighted by atomic mass is 10.1. The van der Waals surface area contributed by atoms with Crippen LogP contribution in [0.1, 0.15) is 35.1 Å². The molecule has 0 saturated carbocycles. The number of benzene rings is 1. The Labute approximate surface area is 176 Å². The van der Waals surface area contributed by atoms with E-state index in [-0.39, 0.29) is 18.3 Å². The number of halogens is 1. The summed E-state index contributed by atoms with van der Waals surface area (Å²) in [6.07, 6.45) is 1.98. The third kappa shape index (κ3) is 5.74. The number of hydrogen-bond acceptors (Lipinski definition) is 7. The van der Waals surface area contributed by atoms with E-state index in [0.29, 0.717) is 42.1 Å². The minimum Gasteiger partial charge on any atom is -0.496 e. The molecule has 1 aliphatic rings. The lowest BCUT2D eigenvalue weighted by Gasteiger charge is -2.23. The molecule has 1 fully saturated rings. The van der Waals surface area contributed by atoms with Crippen LogP contribution in [0.3, 0.4) is 0 Å². The fourth-order valence-electron chi connectivity index (χ4n) is 3.23. The standard InChI is InChI=1S/C19H27N5O4.ClH/c1-13-18(22-23-24(13)14-4-6-20-7-5-14)19(25)21-8-9-28-17-11-15(26-2)10-16(12-17)27-3;/h10-12,14,20H,4-9H2,1-3H3,(H,21,25);1H. The summed E-state index contributed by atoms with van der Waals surface area (Å²) in [7, 11) is 3.16. The molecule has 10 heteroatoms. The van der Waals surface area contributed by atoms with Gasteiger partial charge in [-0.3, -0.25) is 4.79 Å². The van der Waals surface area contributed by atoms with E-state index in [1.54, 1.807) is 32.4 Å². The summed E-state index contributed by atoms with van der Waals surface area (Å²) < 4.78 is 18.0. The largest absolute Gasteiger partial charge is 0.496 e. The van der Waals surface area contributed by atoms with Crippen LogP contribution in [0.25, 0.3) is 0 Å². The molecule has 29 heavy (non-hydrogen) atoms. The second-order valence-electron chi connectivity index (χ2n) is 6.60. The first-order valence-electron chi connectivity index (χ1n) is 9.39. The van der Waals surface area contributed by atoms with Crippen LogP contribution in [0, 0.1) is 6.92 Å². The first kappa shape index (κ1) is 22.8. The van der Waals surface area contributed by atoms with Gasteiger partial charge >= 0.3 is 0 Å². The fraction of sp³-hybridized carbons (Fsp3) is 0.526. The van der Waals surface area contributed by atoms with Crippen LogP contribution in [-0.2, 0) is 0 Å². The van der Waals surface area contributed by atoms with Crippen LogP contribution in [0.5, 0.6) is 17.2 Å². The highest BCUT2D eigenvalue weighted by molar-refractivity contribution is 5.93. The minimum absolute atomic E-state index is 0. The third-order valence-corrected chi connectivity index (χ3v) is 4.78. The van der Waals surface area contributed by atoms with Crippen molar-refractivity contribution in [2.45, 2.75) is 25.8 Å². The van der Waals surface area contributed by atoms with Crippen LogP contribution < -0.4 is 24.8 Å². The maximum atomic E-state index is 12.4. The molecule has 0 aliphatic carbocycles. The Kier molecular flexibility index (Phi) is 8.53. The number of aromatic nitrogens is 3. The molecule has 2 aromatic rings. The molecule has 0 atom stereocenters. The Bertz CT molecular complexity index is 786.